The lowest BCUT2D eigenvalue weighted by Gasteiger charge is -2.32. The van der Waals surface area contributed by atoms with Gasteiger partial charge >= 0.3 is 0 Å². The molecule has 14 heavy (non-hydrogen) atoms. The predicted molar refractivity (Wildman–Crippen MR) is 60.7 cm³/mol. The summed E-state index contributed by atoms with van der Waals surface area (Å²) in [5.41, 5.74) is 5.21. The minimum Gasteiger partial charge on any atom is -0.0616 e. The van der Waals surface area contributed by atoms with Crippen molar-refractivity contribution in [2.45, 2.75) is 41.5 Å². The minimum absolute atomic E-state index is 0.439. The van der Waals surface area contributed by atoms with Crippen molar-refractivity contribution in [2.75, 3.05) is 0 Å². The third-order valence-electron chi connectivity index (χ3n) is 4.13. The molecule has 0 amide bonds. The third kappa shape index (κ3) is 0.898. The molecule has 0 aromatic rings. The van der Waals surface area contributed by atoms with Gasteiger partial charge in [0.1, 0.15) is 0 Å². The van der Waals surface area contributed by atoms with Crippen LogP contribution in [0.5, 0.6) is 0 Å². The Morgan fingerprint density at radius 3 is 1.86 bits per heavy atom. The van der Waals surface area contributed by atoms with Crippen LogP contribution in [0.1, 0.15) is 41.5 Å². The lowest BCUT2D eigenvalue weighted by molar-refractivity contribution is 0.265. The van der Waals surface area contributed by atoms with E-state index in [1.165, 1.54) is 5.57 Å². The first-order valence-electron chi connectivity index (χ1n) is 5.79. The van der Waals surface area contributed by atoms with Gasteiger partial charge in [0.15, 0.2) is 0 Å². The molecule has 0 saturated heterocycles. The first-order valence-corrected chi connectivity index (χ1v) is 5.79. The van der Waals surface area contributed by atoms with Crippen LogP contribution in [0.2, 0.25) is 0 Å². The molecule has 1 radical (unpaired) electrons. The van der Waals surface area contributed by atoms with E-state index in [0.717, 1.165) is 11.8 Å². The summed E-state index contributed by atoms with van der Waals surface area (Å²) in [6.45, 7) is 14.0. The molecule has 0 aromatic heterocycles. The fourth-order valence-electron chi connectivity index (χ4n) is 3.75. The number of hydrogen-bond acceptors (Lipinski definition) is 0. The van der Waals surface area contributed by atoms with Crippen LogP contribution >= 0.6 is 0 Å². The van der Waals surface area contributed by atoms with Gasteiger partial charge in [-0.25, -0.2) is 0 Å². The molecule has 0 saturated carbocycles. The van der Waals surface area contributed by atoms with Crippen molar-refractivity contribution in [1.82, 2.24) is 0 Å². The Morgan fingerprint density at radius 1 is 1.14 bits per heavy atom. The second-order valence-electron chi connectivity index (χ2n) is 5.46. The molecule has 1 unspecified atom stereocenters. The Bertz CT molecular complexity index is 318. The Labute approximate surface area is 88.1 Å². The SMILES string of the molecule is CC1=[C]C(C)C2=C1C2(C(C)C)C(C)C. The van der Waals surface area contributed by atoms with Gasteiger partial charge in [-0.3, -0.25) is 0 Å². The van der Waals surface area contributed by atoms with Crippen LogP contribution in [0.4, 0.5) is 0 Å². The summed E-state index contributed by atoms with van der Waals surface area (Å²) in [7, 11) is 0. The molecule has 0 heterocycles. The van der Waals surface area contributed by atoms with Gasteiger partial charge in [-0.05, 0) is 41.6 Å². The Kier molecular flexibility index (Phi) is 1.96. The molecule has 0 heteroatoms. The van der Waals surface area contributed by atoms with Crippen LogP contribution in [-0.4, -0.2) is 0 Å². The van der Waals surface area contributed by atoms with Crippen molar-refractivity contribution >= 4 is 0 Å². The Hall–Kier alpha value is -0.520. The highest BCUT2D eigenvalue weighted by Crippen LogP contribution is 2.69. The molecule has 0 aliphatic heterocycles. The van der Waals surface area contributed by atoms with Gasteiger partial charge in [0.25, 0.3) is 0 Å². The molecule has 2 rings (SSSR count). The lowest BCUT2D eigenvalue weighted by Crippen LogP contribution is -2.26. The average Bonchev–Trinajstić information content (AvgIpc) is 2.65. The predicted octanol–water partition coefficient (Wildman–Crippen LogP) is 3.99. The van der Waals surface area contributed by atoms with E-state index in [9.17, 15) is 0 Å². The zero-order chi connectivity index (χ0) is 10.7. The molecule has 2 aliphatic carbocycles. The van der Waals surface area contributed by atoms with Crippen LogP contribution in [-0.2, 0) is 0 Å². The monoisotopic (exact) mass is 189 g/mol. The first-order chi connectivity index (χ1) is 6.44. The van der Waals surface area contributed by atoms with Crippen LogP contribution in [0.15, 0.2) is 16.7 Å². The van der Waals surface area contributed by atoms with Crippen LogP contribution in [0.25, 0.3) is 0 Å². The van der Waals surface area contributed by atoms with E-state index in [1.54, 1.807) is 11.1 Å². The summed E-state index contributed by atoms with van der Waals surface area (Å²) >= 11 is 0. The molecule has 2 aliphatic rings. The van der Waals surface area contributed by atoms with Crippen molar-refractivity contribution in [3.05, 3.63) is 22.8 Å². The summed E-state index contributed by atoms with van der Waals surface area (Å²) in [6.07, 6.45) is 3.52. The largest absolute Gasteiger partial charge is 0.0616 e. The van der Waals surface area contributed by atoms with Gasteiger partial charge in [0, 0.05) is 11.3 Å². The van der Waals surface area contributed by atoms with E-state index in [2.05, 4.69) is 47.6 Å². The minimum atomic E-state index is 0.439. The van der Waals surface area contributed by atoms with E-state index in [-0.39, 0.29) is 0 Å². The summed E-state index contributed by atoms with van der Waals surface area (Å²) in [6, 6.07) is 0. The Balaban J connectivity index is 2.37. The van der Waals surface area contributed by atoms with Crippen LogP contribution < -0.4 is 0 Å². The smallest absolute Gasteiger partial charge is 0.0222 e. The molecule has 0 N–H and O–H groups in total. The molecule has 0 aromatic carbocycles. The fraction of sp³-hybridized carbons (Fsp3) is 0.714. The highest BCUT2D eigenvalue weighted by molar-refractivity contribution is 5.65. The maximum atomic E-state index is 3.52. The normalized spacial score (nSPS) is 28.6. The van der Waals surface area contributed by atoms with Crippen molar-refractivity contribution in [2.24, 2.45) is 23.2 Å². The van der Waals surface area contributed by atoms with Crippen molar-refractivity contribution in [3.8, 4) is 0 Å². The topological polar surface area (TPSA) is 0 Å². The van der Waals surface area contributed by atoms with Crippen molar-refractivity contribution in [3.63, 3.8) is 0 Å². The summed E-state index contributed by atoms with van der Waals surface area (Å²) < 4.78 is 0. The number of allylic oxidation sites excluding steroid dienone is 4. The van der Waals surface area contributed by atoms with Gasteiger partial charge in [0.2, 0.25) is 0 Å². The van der Waals surface area contributed by atoms with Crippen LogP contribution in [0, 0.1) is 29.2 Å². The van der Waals surface area contributed by atoms with E-state index in [0.29, 0.717) is 11.3 Å². The van der Waals surface area contributed by atoms with Gasteiger partial charge in [-0.2, -0.15) is 0 Å². The molecular formula is C14H21. The van der Waals surface area contributed by atoms with E-state index in [1.807, 2.05) is 0 Å². The molecule has 1 atom stereocenters. The summed E-state index contributed by atoms with van der Waals surface area (Å²) in [5, 5.41) is 0. The quantitative estimate of drug-likeness (QED) is 0.616. The van der Waals surface area contributed by atoms with E-state index >= 15 is 0 Å². The van der Waals surface area contributed by atoms with Gasteiger partial charge in [-0.15, -0.1) is 0 Å². The molecule has 77 valence electrons. The molecule has 0 spiro atoms. The average molecular weight is 189 g/mol. The molecular weight excluding hydrogens is 168 g/mol. The highest BCUT2D eigenvalue weighted by Gasteiger charge is 2.60. The van der Waals surface area contributed by atoms with Gasteiger partial charge < -0.3 is 0 Å². The van der Waals surface area contributed by atoms with E-state index in [4.69, 9.17) is 0 Å². The second kappa shape index (κ2) is 2.74. The zero-order valence-corrected chi connectivity index (χ0v) is 10.2. The fourth-order valence-corrected chi connectivity index (χ4v) is 3.75. The molecule has 0 nitrogen and oxygen atoms in total. The standard InChI is InChI=1S/C14H21/c1-8(2)14(9(3)4)12-10(5)7-11(6)13(12)14/h8-10H,1-6H3. The highest BCUT2D eigenvalue weighted by atomic mass is 14.6. The van der Waals surface area contributed by atoms with Crippen molar-refractivity contribution in [1.29, 1.82) is 0 Å². The molecule has 0 bridgehead atoms. The van der Waals surface area contributed by atoms with E-state index < -0.39 is 0 Å². The summed E-state index contributed by atoms with van der Waals surface area (Å²) in [5.74, 6) is 2.06. The Morgan fingerprint density at radius 2 is 1.64 bits per heavy atom. The van der Waals surface area contributed by atoms with Crippen molar-refractivity contribution < 1.29 is 0 Å². The number of rotatable bonds is 2. The number of hydrogen-bond donors (Lipinski definition) is 0. The first kappa shape index (κ1) is 10.0. The summed E-state index contributed by atoms with van der Waals surface area (Å²) in [4.78, 5) is 0. The van der Waals surface area contributed by atoms with Gasteiger partial charge in [-0.1, -0.05) is 34.6 Å². The second-order valence-corrected chi connectivity index (χ2v) is 5.46. The zero-order valence-electron chi connectivity index (χ0n) is 10.2. The maximum Gasteiger partial charge on any atom is 0.0222 e. The lowest BCUT2D eigenvalue weighted by atomic mass is 9.71. The molecule has 0 fully saturated rings. The maximum absolute atomic E-state index is 3.52. The van der Waals surface area contributed by atoms with Crippen LogP contribution in [0.3, 0.4) is 0 Å². The van der Waals surface area contributed by atoms with Gasteiger partial charge in [0.05, 0.1) is 0 Å². The third-order valence-corrected chi connectivity index (χ3v) is 4.13.